The van der Waals surface area contributed by atoms with Gasteiger partial charge in [0.2, 0.25) is 11.8 Å². The SMILES string of the molecule is CC(C)C1(C)CC(NC(=O)[C@@H]2C[C@H]2CN2C(=N)NC(C)(C)CC2=O)c2ccccc2O1. The smallest absolute Gasteiger partial charge is 0.231 e. The number of ether oxygens (including phenoxy) is 1. The van der Waals surface area contributed by atoms with Crippen LogP contribution >= 0.6 is 0 Å². The Morgan fingerprint density at radius 3 is 2.71 bits per heavy atom. The summed E-state index contributed by atoms with van der Waals surface area (Å²) in [6.07, 6.45) is 1.82. The van der Waals surface area contributed by atoms with Gasteiger partial charge in [0.05, 0.1) is 6.04 Å². The Morgan fingerprint density at radius 1 is 1.32 bits per heavy atom. The Balaban J connectivity index is 1.40. The molecule has 0 radical (unpaired) electrons. The summed E-state index contributed by atoms with van der Waals surface area (Å²) in [5.74, 6) is 1.24. The number of rotatable bonds is 5. The number of para-hydroxylation sites is 1. The maximum atomic E-state index is 13.1. The fraction of sp³-hybridized carbons (Fsp3) is 0.625. The minimum Gasteiger partial charge on any atom is -0.487 e. The molecule has 4 atom stereocenters. The molecule has 168 valence electrons. The molecule has 0 aromatic heterocycles. The van der Waals surface area contributed by atoms with Crippen molar-refractivity contribution in [2.45, 2.75) is 71.1 Å². The van der Waals surface area contributed by atoms with Crippen LogP contribution in [-0.4, -0.2) is 40.4 Å². The summed E-state index contributed by atoms with van der Waals surface area (Å²) in [6.45, 7) is 10.6. The van der Waals surface area contributed by atoms with E-state index < -0.39 is 5.54 Å². The molecule has 4 rings (SSSR count). The van der Waals surface area contributed by atoms with Gasteiger partial charge in [0.1, 0.15) is 11.4 Å². The Bertz CT molecular complexity index is 892. The molecule has 0 spiro atoms. The zero-order chi connectivity index (χ0) is 22.6. The van der Waals surface area contributed by atoms with Gasteiger partial charge in [0, 0.05) is 36.4 Å². The molecule has 3 N–H and O–H groups in total. The molecule has 3 aliphatic rings. The fourth-order valence-electron chi connectivity index (χ4n) is 4.66. The van der Waals surface area contributed by atoms with Crippen LogP contribution < -0.4 is 15.4 Å². The van der Waals surface area contributed by atoms with Gasteiger partial charge in [0.15, 0.2) is 5.96 Å². The lowest BCUT2D eigenvalue weighted by Gasteiger charge is -2.42. The second-order valence-electron chi connectivity index (χ2n) is 10.5. The second kappa shape index (κ2) is 7.53. The van der Waals surface area contributed by atoms with E-state index >= 15 is 0 Å². The van der Waals surface area contributed by atoms with E-state index in [0.29, 0.717) is 18.9 Å². The summed E-state index contributed by atoms with van der Waals surface area (Å²) in [4.78, 5) is 27.0. The molecule has 31 heavy (non-hydrogen) atoms. The Morgan fingerprint density at radius 2 is 2.03 bits per heavy atom. The van der Waals surface area contributed by atoms with Crippen molar-refractivity contribution in [3.05, 3.63) is 29.8 Å². The van der Waals surface area contributed by atoms with Gasteiger partial charge in [-0.1, -0.05) is 32.0 Å². The standard InChI is InChI=1S/C24H34N4O3/c1-14(2)24(5)11-18(16-8-6-7-9-19(16)31-24)26-21(30)17-10-15(17)13-28-20(29)12-23(3,4)27-22(28)25/h6-9,14-15,17-18H,10-13H2,1-5H3,(H2,25,27)(H,26,30)/t15-,17+,18?,24?/m0/s1. The molecular weight excluding hydrogens is 392 g/mol. The summed E-state index contributed by atoms with van der Waals surface area (Å²) in [6, 6.07) is 7.83. The highest BCUT2D eigenvalue weighted by molar-refractivity contribution is 5.99. The normalized spacial score (nSPS) is 31.5. The minimum absolute atomic E-state index is 0.0297. The van der Waals surface area contributed by atoms with Crippen LogP contribution in [0.1, 0.15) is 65.5 Å². The molecule has 1 saturated carbocycles. The Kier molecular flexibility index (Phi) is 5.26. The van der Waals surface area contributed by atoms with Crippen LogP contribution in [0.25, 0.3) is 0 Å². The lowest BCUT2D eigenvalue weighted by molar-refractivity contribution is -0.131. The molecular formula is C24H34N4O3. The number of benzene rings is 1. The molecule has 1 aromatic carbocycles. The van der Waals surface area contributed by atoms with Crippen LogP contribution in [0.15, 0.2) is 24.3 Å². The number of hydrogen-bond donors (Lipinski definition) is 3. The Hall–Kier alpha value is -2.57. The number of fused-ring (bicyclic) bond motifs is 1. The molecule has 0 bridgehead atoms. The lowest BCUT2D eigenvalue weighted by atomic mass is 9.81. The van der Waals surface area contributed by atoms with Crippen molar-refractivity contribution in [1.29, 1.82) is 5.41 Å². The number of carbonyl (C=O) groups excluding carboxylic acids is 2. The topological polar surface area (TPSA) is 94.5 Å². The number of carbonyl (C=O) groups is 2. The average molecular weight is 427 g/mol. The van der Waals surface area contributed by atoms with E-state index in [1.807, 2.05) is 38.1 Å². The first kappa shape index (κ1) is 21.7. The van der Waals surface area contributed by atoms with E-state index in [9.17, 15) is 9.59 Å². The molecule has 1 aliphatic carbocycles. The zero-order valence-electron chi connectivity index (χ0n) is 19.1. The predicted molar refractivity (Wildman–Crippen MR) is 119 cm³/mol. The second-order valence-corrected chi connectivity index (χ2v) is 10.5. The van der Waals surface area contributed by atoms with Gasteiger partial charge in [0.25, 0.3) is 0 Å². The summed E-state index contributed by atoms with van der Waals surface area (Å²) in [5, 5.41) is 14.5. The first-order chi connectivity index (χ1) is 14.5. The molecule has 7 nitrogen and oxygen atoms in total. The third-order valence-corrected chi connectivity index (χ3v) is 7.08. The molecule has 2 aliphatic heterocycles. The Labute approximate surface area is 184 Å². The molecule has 2 amide bonds. The largest absolute Gasteiger partial charge is 0.487 e. The number of nitrogens with one attached hydrogen (secondary N) is 3. The van der Waals surface area contributed by atoms with Crippen molar-refractivity contribution in [2.24, 2.45) is 17.8 Å². The minimum atomic E-state index is -0.398. The van der Waals surface area contributed by atoms with Crippen LogP contribution in [-0.2, 0) is 9.59 Å². The van der Waals surface area contributed by atoms with Gasteiger partial charge in [-0.3, -0.25) is 19.9 Å². The van der Waals surface area contributed by atoms with Crippen molar-refractivity contribution < 1.29 is 14.3 Å². The van der Waals surface area contributed by atoms with E-state index in [4.69, 9.17) is 10.1 Å². The van der Waals surface area contributed by atoms with Crippen molar-refractivity contribution in [3.63, 3.8) is 0 Å². The average Bonchev–Trinajstić information content (AvgIpc) is 3.43. The van der Waals surface area contributed by atoms with Gasteiger partial charge >= 0.3 is 0 Å². The van der Waals surface area contributed by atoms with E-state index in [1.54, 1.807) is 0 Å². The third-order valence-electron chi connectivity index (χ3n) is 7.08. The zero-order valence-corrected chi connectivity index (χ0v) is 19.1. The summed E-state index contributed by atoms with van der Waals surface area (Å²) in [7, 11) is 0. The first-order valence-corrected chi connectivity index (χ1v) is 11.2. The van der Waals surface area contributed by atoms with Gasteiger partial charge < -0.3 is 15.4 Å². The summed E-state index contributed by atoms with van der Waals surface area (Å²) >= 11 is 0. The van der Waals surface area contributed by atoms with E-state index in [0.717, 1.165) is 24.2 Å². The third kappa shape index (κ3) is 4.27. The monoisotopic (exact) mass is 426 g/mol. The van der Waals surface area contributed by atoms with E-state index in [-0.39, 0.29) is 41.3 Å². The molecule has 7 heteroatoms. The summed E-state index contributed by atoms with van der Waals surface area (Å²) in [5.41, 5.74) is 0.277. The van der Waals surface area contributed by atoms with Crippen molar-refractivity contribution >= 4 is 17.8 Å². The van der Waals surface area contributed by atoms with Crippen LogP contribution in [0.5, 0.6) is 5.75 Å². The molecule has 2 unspecified atom stereocenters. The molecule has 2 fully saturated rings. The van der Waals surface area contributed by atoms with Gasteiger partial charge in [-0.2, -0.15) is 0 Å². The number of amides is 2. The van der Waals surface area contributed by atoms with Crippen LogP contribution in [0.3, 0.4) is 0 Å². The highest BCUT2D eigenvalue weighted by Gasteiger charge is 2.48. The highest BCUT2D eigenvalue weighted by atomic mass is 16.5. The first-order valence-electron chi connectivity index (χ1n) is 11.2. The quantitative estimate of drug-likeness (QED) is 0.674. The van der Waals surface area contributed by atoms with Crippen molar-refractivity contribution in [3.8, 4) is 5.75 Å². The summed E-state index contributed by atoms with van der Waals surface area (Å²) < 4.78 is 6.30. The van der Waals surface area contributed by atoms with Crippen LogP contribution in [0, 0.1) is 23.2 Å². The predicted octanol–water partition coefficient (Wildman–Crippen LogP) is 3.21. The van der Waals surface area contributed by atoms with Crippen molar-refractivity contribution in [1.82, 2.24) is 15.5 Å². The maximum Gasteiger partial charge on any atom is 0.231 e. The highest BCUT2D eigenvalue weighted by Crippen LogP contribution is 2.44. The van der Waals surface area contributed by atoms with Gasteiger partial charge in [-0.05, 0) is 45.1 Å². The van der Waals surface area contributed by atoms with E-state index in [2.05, 4.69) is 31.4 Å². The van der Waals surface area contributed by atoms with Crippen LogP contribution in [0.2, 0.25) is 0 Å². The lowest BCUT2D eigenvalue weighted by Crippen LogP contribution is -2.60. The number of hydrogen-bond acceptors (Lipinski definition) is 4. The van der Waals surface area contributed by atoms with Gasteiger partial charge in [-0.15, -0.1) is 0 Å². The number of guanidine groups is 1. The molecule has 1 saturated heterocycles. The van der Waals surface area contributed by atoms with Gasteiger partial charge in [-0.25, -0.2) is 0 Å². The van der Waals surface area contributed by atoms with Crippen LogP contribution in [0.4, 0.5) is 0 Å². The number of nitrogens with zero attached hydrogens (tertiary/aromatic N) is 1. The van der Waals surface area contributed by atoms with E-state index in [1.165, 1.54) is 4.90 Å². The van der Waals surface area contributed by atoms with Crippen molar-refractivity contribution in [2.75, 3.05) is 6.54 Å². The fourth-order valence-corrected chi connectivity index (χ4v) is 4.66. The molecule has 2 heterocycles. The molecule has 1 aromatic rings. The maximum absolute atomic E-state index is 13.1.